The van der Waals surface area contributed by atoms with E-state index in [2.05, 4.69) is 17.9 Å². The van der Waals surface area contributed by atoms with Gasteiger partial charge < -0.3 is 15.8 Å². The van der Waals surface area contributed by atoms with Crippen molar-refractivity contribution in [2.45, 2.75) is 0 Å². The first-order valence-electron chi connectivity index (χ1n) is 3.40. The first-order valence-corrected chi connectivity index (χ1v) is 4.03. The second kappa shape index (κ2) is 6.93. The SMILES string of the molecule is NC(=O)COCCNC(=O)CS. The number of rotatable bonds is 6. The quantitative estimate of drug-likeness (QED) is 0.355. The minimum absolute atomic E-state index is 0.114. The molecule has 0 aromatic rings. The molecule has 12 heavy (non-hydrogen) atoms. The van der Waals surface area contributed by atoms with Crippen LogP contribution in [0.15, 0.2) is 0 Å². The van der Waals surface area contributed by atoms with Crippen LogP contribution in [0, 0.1) is 0 Å². The van der Waals surface area contributed by atoms with E-state index in [1.54, 1.807) is 0 Å². The van der Waals surface area contributed by atoms with E-state index in [1.807, 2.05) is 0 Å². The van der Waals surface area contributed by atoms with Gasteiger partial charge in [0.2, 0.25) is 11.8 Å². The number of hydrogen-bond acceptors (Lipinski definition) is 4. The maximum absolute atomic E-state index is 10.6. The molecule has 0 aliphatic carbocycles. The monoisotopic (exact) mass is 192 g/mol. The number of nitrogens with one attached hydrogen (secondary N) is 1. The minimum atomic E-state index is -0.518. The molecule has 0 aromatic heterocycles. The molecule has 0 fully saturated rings. The smallest absolute Gasteiger partial charge is 0.243 e. The molecule has 0 unspecified atom stereocenters. The summed E-state index contributed by atoms with van der Waals surface area (Å²) in [5.74, 6) is -0.535. The summed E-state index contributed by atoms with van der Waals surface area (Å²) in [6.45, 7) is 0.534. The minimum Gasteiger partial charge on any atom is -0.370 e. The highest BCUT2D eigenvalue weighted by atomic mass is 32.1. The van der Waals surface area contributed by atoms with Gasteiger partial charge in [-0.2, -0.15) is 12.6 Å². The molecular formula is C6H12N2O3S. The zero-order valence-corrected chi connectivity index (χ0v) is 7.47. The van der Waals surface area contributed by atoms with Crippen LogP contribution in [0.25, 0.3) is 0 Å². The van der Waals surface area contributed by atoms with Crippen molar-refractivity contribution in [1.29, 1.82) is 0 Å². The summed E-state index contributed by atoms with van der Waals surface area (Å²) in [6.07, 6.45) is 0. The topological polar surface area (TPSA) is 81.4 Å². The average molecular weight is 192 g/mol. The fourth-order valence-electron chi connectivity index (χ4n) is 0.491. The van der Waals surface area contributed by atoms with Gasteiger partial charge in [0, 0.05) is 6.54 Å². The molecule has 70 valence electrons. The van der Waals surface area contributed by atoms with E-state index in [9.17, 15) is 9.59 Å². The van der Waals surface area contributed by atoms with Crippen molar-refractivity contribution in [2.75, 3.05) is 25.5 Å². The van der Waals surface area contributed by atoms with Crippen molar-refractivity contribution in [3.05, 3.63) is 0 Å². The van der Waals surface area contributed by atoms with Crippen molar-refractivity contribution < 1.29 is 14.3 Å². The van der Waals surface area contributed by atoms with Crippen LogP contribution in [0.2, 0.25) is 0 Å². The highest BCUT2D eigenvalue weighted by Crippen LogP contribution is 1.75. The molecular weight excluding hydrogens is 180 g/mol. The van der Waals surface area contributed by atoms with E-state index in [1.165, 1.54) is 0 Å². The summed E-state index contributed by atoms with van der Waals surface area (Å²) >= 11 is 3.75. The van der Waals surface area contributed by atoms with Gasteiger partial charge in [-0.1, -0.05) is 0 Å². The third kappa shape index (κ3) is 7.36. The molecule has 0 aliphatic heterocycles. The molecule has 2 amide bonds. The van der Waals surface area contributed by atoms with Crippen LogP contribution < -0.4 is 11.1 Å². The molecule has 0 aliphatic rings. The van der Waals surface area contributed by atoms with Gasteiger partial charge in [-0.25, -0.2) is 0 Å². The Labute approximate surface area is 76.0 Å². The Bertz CT molecular complexity index is 163. The third-order valence-corrected chi connectivity index (χ3v) is 1.24. The van der Waals surface area contributed by atoms with Gasteiger partial charge in [0.1, 0.15) is 6.61 Å². The summed E-state index contributed by atoms with van der Waals surface area (Å²) in [6, 6.07) is 0. The summed E-state index contributed by atoms with van der Waals surface area (Å²) in [5, 5.41) is 2.51. The van der Waals surface area contributed by atoms with Crippen molar-refractivity contribution in [3.63, 3.8) is 0 Å². The molecule has 0 aromatic carbocycles. The van der Waals surface area contributed by atoms with Crippen LogP contribution in [0.4, 0.5) is 0 Å². The summed E-state index contributed by atoms with van der Waals surface area (Å²) in [4.78, 5) is 20.7. The van der Waals surface area contributed by atoms with Gasteiger partial charge in [0.25, 0.3) is 0 Å². The van der Waals surface area contributed by atoms with Gasteiger partial charge in [0.05, 0.1) is 12.4 Å². The maximum Gasteiger partial charge on any atom is 0.243 e. The number of amides is 2. The Morgan fingerprint density at radius 1 is 1.50 bits per heavy atom. The van der Waals surface area contributed by atoms with Gasteiger partial charge in [-0.05, 0) is 0 Å². The Kier molecular flexibility index (Phi) is 6.50. The van der Waals surface area contributed by atoms with E-state index >= 15 is 0 Å². The predicted octanol–water partition coefficient (Wildman–Crippen LogP) is -1.47. The van der Waals surface area contributed by atoms with Crippen molar-refractivity contribution >= 4 is 24.4 Å². The highest BCUT2D eigenvalue weighted by molar-refractivity contribution is 7.81. The zero-order valence-electron chi connectivity index (χ0n) is 6.58. The van der Waals surface area contributed by atoms with E-state index < -0.39 is 5.91 Å². The Morgan fingerprint density at radius 2 is 2.17 bits per heavy atom. The van der Waals surface area contributed by atoms with Crippen molar-refractivity contribution in [2.24, 2.45) is 5.73 Å². The number of thiol groups is 1. The van der Waals surface area contributed by atoms with Crippen molar-refractivity contribution in [1.82, 2.24) is 5.32 Å². The second-order valence-electron chi connectivity index (χ2n) is 2.03. The molecule has 0 radical (unpaired) electrons. The number of carbonyl (C=O) groups excluding carboxylic acids is 2. The third-order valence-electron chi connectivity index (χ3n) is 0.956. The fraction of sp³-hybridized carbons (Fsp3) is 0.667. The van der Waals surface area contributed by atoms with E-state index in [4.69, 9.17) is 10.5 Å². The molecule has 0 spiro atoms. The molecule has 3 N–H and O–H groups in total. The zero-order chi connectivity index (χ0) is 9.40. The van der Waals surface area contributed by atoms with Crippen LogP contribution in [0.5, 0.6) is 0 Å². The lowest BCUT2D eigenvalue weighted by Crippen LogP contribution is -2.29. The molecule has 0 saturated heterocycles. The molecule has 0 bridgehead atoms. The van der Waals surface area contributed by atoms with E-state index in [-0.39, 0.29) is 24.9 Å². The lowest BCUT2D eigenvalue weighted by molar-refractivity contribution is -0.122. The largest absolute Gasteiger partial charge is 0.370 e. The fourth-order valence-corrected chi connectivity index (χ4v) is 0.603. The van der Waals surface area contributed by atoms with Gasteiger partial charge >= 0.3 is 0 Å². The van der Waals surface area contributed by atoms with Gasteiger partial charge in [0.15, 0.2) is 0 Å². The second-order valence-corrected chi connectivity index (χ2v) is 2.34. The van der Waals surface area contributed by atoms with Gasteiger partial charge in [-0.15, -0.1) is 0 Å². The standard InChI is InChI=1S/C6H12N2O3S/c7-5(9)3-11-2-1-8-6(10)4-12/h12H,1-4H2,(H2,7,9)(H,8,10). The Hall–Kier alpha value is -0.750. The predicted molar refractivity (Wildman–Crippen MR) is 46.9 cm³/mol. The number of nitrogens with two attached hydrogens (primary N) is 1. The Morgan fingerprint density at radius 3 is 2.67 bits per heavy atom. The highest BCUT2D eigenvalue weighted by Gasteiger charge is 1.96. The number of primary amides is 1. The first kappa shape index (κ1) is 11.2. The Balaban J connectivity index is 3.11. The van der Waals surface area contributed by atoms with Crippen LogP contribution in [0.3, 0.4) is 0 Å². The first-order chi connectivity index (χ1) is 5.66. The average Bonchev–Trinajstić information content (AvgIpc) is 2.03. The number of ether oxygens (including phenoxy) is 1. The van der Waals surface area contributed by atoms with E-state index in [0.717, 1.165) is 0 Å². The summed E-state index contributed by atoms with van der Waals surface area (Å²) in [7, 11) is 0. The number of carbonyl (C=O) groups is 2. The maximum atomic E-state index is 10.6. The molecule has 0 rings (SSSR count). The van der Waals surface area contributed by atoms with Crippen LogP contribution >= 0.6 is 12.6 Å². The van der Waals surface area contributed by atoms with Crippen molar-refractivity contribution in [3.8, 4) is 0 Å². The molecule has 6 heteroatoms. The molecule has 5 nitrogen and oxygen atoms in total. The summed E-state index contributed by atoms with van der Waals surface area (Å²) in [5.41, 5.74) is 4.80. The van der Waals surface area contributed by atoms with Crippen LogP contribution in [-0.2, 0) is 14.3 Å². The lowest BCUT2D eigenvalue weighted by atomic mass is 10.6. The molecule has 0 heterocycles. The van der Waals surface area contributed by atoms with Crippen LogP contribution in [0.1, 0.15) is 0 Å². The lowest BCUT2D eigenvalue weighted by Gasteiger charge is -2.02. The summed E-state index contributed by atoms with van der Waals surface area (Å²) < 4.78 is 4.78. The molecule has 0 saturated carbocycles. The number of hydrogen-bond donors (Lipinski definition) is 3. The van der Waals surface area contributed by atoms with Crippen LogP contribution in [-0.4, -0.2) is 37.3 Å². The normalized spacial score (nSPS) is 9.42. The van der Waals surface area contributed by atoms with Gasteiger partial charge in [-0.3, -0.25) is 9.59 Å². The van der Waals surface area contributed by atoms with E-state index in [0.29, 0.717) is 6.54 Å². The molecule has 0 atom stereocenters.